The van der Waals surface area contributed by atoms with Gasteiger partial charge in [0.25, 0.3) is 0 Å². The van der Waals surface area contributed by atoms with Crippen LogP contribution in [0, 0.1) is 12.8 Å². The van der Waals surface area contributed by atoms with Crippen molar-refractivity contribution in [2.75, 3.05) is 36.8 Å². The number of anilines is 2. The summed E-state index contributed by atoms with van der Waals surface area (Å²) < 4.78 is 5.67. The number of carboxylic acids is 1. The van der Waals surface area contributed by atoms with E-state index in [0.29, 0.717) is 44.7 Å². The topological polar surface area (TPSA) is 111 Å². The number of amides is 3. The number of carbonyl (C=O) groups is 3. The number of aliphatic carboxylic acids is 1. The van der Waals surface area contributed by atoms with E-state index in [-0.39, 0.29) is 24.1 Å². The summed E-state index contributed by atoms with van der Waals surface area (Å²) in [5, 5.41) is 14.9. The molecule has 0 spiro atoms. The van der Waals surface area contributed by atoms with E-state index < -0.39 is 11.5 Å². The number of piperidine rings is 1. The smallest absolute Gasteiger partial charge is 0.410 e. The number of carbonyl (C=O) groups excluding carboxylic acids is 2. The van der Waals surface area contributed by atoms with E-state index in [4.69, 9.17) is 4.74 Å². The van der Waals surface area contributed by atoms with E-state index in [0.717, 1.165) is 16.8 Å². The van der Waals surface area contributed by atoms with Crippen LogP contribution >= 0.6 is 0 Å². The average molecular weight is 495 g/mol. The summed E-state index contributed by atoms with van der Waals surface area (Å²) in [6.07, 6.45) is 0.623. The number of cyclic esters (lactones) is 1. The van der Waals surface area contributed by atoms with Crippen molar-refractivity contribution in [1.82, 2.24) is 9.80 Å². The first kappa shape index (κ1) is 25.5. The number of hydrogen-bond donors (Lipinski definition) is 3. The molecule has 2 fully saturated rings. The summed E-state index contributed by atoms with van der Waals surface area (Å²) in [6.45, 7) is 8.33. The highest BCUT2D eigenvalue weighted by atomic mass is 16.6. The highest BCUT2D eigenvalue weighted by Crippen LogP contribution is 2.33. The Hall–Kier alpha value is -3.59. The molecule has 1 unspecified atom stereocenters. The van der Waals surface area contributed by atoms with Gasteiger partial charge in [0, 0.05) is 17.9 Å². The minimum atomic E-state index is -0.733. The van der Waals surface area contributed by atoms with E-state index in [1.165, 1.54) is 0 Å². The molecular weight excluding hydrogens is 460 g/mol. The summed E-state index contributed by atoms with van der Waals surface area (Å²) in [4.78, 5) is 40.2. The SMILES string of the molecule is Cc1ccccc1NC(=O)Nc1ccc(C(C)(C)N2CC(CN3CCC(C(=O)O)CC3)OC2=O)cc1. The van der Waals surface area contributed by atoms with E-state index in [1.807, 2.05) is 69.3 Å². The van der Waals surface area contributed by atoms with Crippen LogP contribution in [0.25, 0.3) is 0 Å². The molecule has 2 saturated heterocycles. The molecule has 2 aromatic carbocycles. The third kappa shape index (κ3) is 5.79. The van der Waals surface area contributed by atoms with Gasteiger partial charge in [-0.1, -0.05) is 30.3 Å². The van der Waals surface area contributed by atoms with Gasteiger partial charge < -0.3 is 20.5 Å². The van der Waals surface area contributed by atoms with E-state index in [9.17, 15) is 19.5 Å². The van der Waals surface area contributed by atoms with Gasteiger partial charge in [-0.05, 0) is 76.0 Å². The molecule has 3 N–H and O–H groups in total. The maximum Gasteiger partial charge on any atom is 0.410 e. The van der Waals surface area contributed by atoms with Gasteiger partial charge in [-0.15, -0.1) is 0 Å². The number of nitrogens with one attached hydrogen (secondary N) is 2. The number of rotatable bonds is 7. The molecule has 9 nitrogen and oxygen atoms in total. The number of nitrogens with zero attached hydrogens (tertiary/aromatic N) is 2. The lowest BCUT2D eigenvalue weighted by molar-refractivity contribution is -0.143. The third-order valence-electron chi connectivity index (χ3n) is 7.19. The monoisotopic (exact) mass is 494 g/mol. The van der Waals surface area contributed by atoms with Gasteiger partial charge in [-0.25, -0.2) is 9.59 Å². The predicted octanol–water partition coefficient (Wildman–Crippen LogP) is 4.49. The van der Waals surface area contributed by atoms with E-state index in [1.54, 1.807) is 4.90 Å². The Morgan fingerprint density at radius 1 is 1.06 bits per heavy atom. The quantitative estimate of drug-likeness (QED) is 0.523. The van der Waals surface area contributed by atoms with Crippen molar-refractivity contribution >= 4 is 29.5 Å². The fourth-order valence-corrected chi connectivity index (χ4v) is 4.84. The van der Waals surface area contributed by atoms with Crippen LogP contribution in [0.2, 0.25) is 0 Å². The lowest BCUT2D eigenvalue weighted by Crippen LogP contribution is -2.44. The first-order valence-electron chi connectivity index (χ1n) is 12.3. The molecule has 0 saturated carbocycles. The third-order valence-corrected chi connectivity index (χ3v) is 7.19. The maximum atomic E-state index is 12.7. The molecule has 2 heterocycles. The van der Waals surface area contributed by atoms with Crippen LogP contribution in [0.1, 0.15) is 37.8 Å². The van der Waals surface area contributed by atoms with Crippen molar-refractivity contribution in [3.05, 3.63) is 59.7 Å². The predicted molar refractivity (Wildman–Crippen MR) is 137 cm³/mol. The van der Waals surface area contributed by atoms with Gasteiger partial charge in [-0.2, -0.15) is 0 Å². The average Bonchev–Trinajstić information content (AvgIpc) is 3.22. The number of carboxylic acid groups (broad SMARTS) is 1. The van der Waals surface area contributed by atoms with Crippen molar-refractivity contribution in [1.29, 1.82) is 0 Å². The summed E-state index contributed by atoms with van der Waals surface area (Å²) >= 11 is 0. The zero-order valence-corrected chi connectivity index (χ0v) is 21.0. The zero-order valence-electron chi connectivity index (χ0n) is 21.0. The number of urea groups is 1. The Morgan fingerprint density at radius 2 is 1.72 bits per heavy atom. The van der Waals surface area contributed by atoms with Crippen molar-refractivity contribution in [3.63, 3.8) is 0 Å². The standard InChI is InChI=1S/C27H34N4O5/c1-18-6-4-5-7-23(18)29-25(34)28-21-10-8-20(9-11-21)27(2,3)31-17-22(36-26(31)35)16-30-14-12-19(13-15-30)24(32)33/h4-11,19,22H,12-17H2,1-3H3,(H,32,33)(H2,28,29,34). The molecule has 9 heteroatoms. The number of ether oxygens (including phenoxy) is 1. The van der Waals surface area contributed by atoms with Crippen LogP contribution in [-0.2, 0) is 15.1 Å². The molecule has 192 valence electrons. The molecule has 2 aliphatic rings. The molecule has 0 aromatic heterocycles. The first-order chi connectivity index (χ1) is 17.1. The second-order valence-electron chi connectivity index (χ2n) is 10.1. The summed E-state index contributed by atoms with van der Waals surface area (Å²) in [5.74, 6) is -1.02. The minimum Gasteiger partial charge on any atom is -0.481 e. The highest BCUT2D eigenvalue weighted by Gasteiger charge is 2.42. The van der Waals surface area contributed by atoms with Crippen molar-refractivity contribution < 1.29 is 24.2 Å². The molecule has 2 aromatic rings. The number of hydrogen-bond acceptors (Lipinski definition) is 5. The van der Waals surface area contributed by atoms with Crippen LogP contribution < -0.4 is 10.6 Å². The second kappa shape index (κ2) is 10.6. The molecule has 1 atom stereocenters. The lowest BCUT2D eigenvalue weighted by Gasteiger charge is -2.34. The van der Waals surface area contributed by atoms with E-state index in [2.05, 4.69) is 15.5 Å². The fourth-order valence-electron chi connectivity index (χ4n) is 4.84. The van der Waals surface area contributed by atoms with Gasteiger partial charge in [0.15, 0.2) is 0 Å². The Morgan fingerprint density at radius 3 is 2.36 bits per heavy atom. The van der Waals surface area contributed by atoms with Gasteiger partial charge >= 0.3 is 18.1 Å². The molecule has 36 heavy (non-hydrogen) atoms. The van der Waals surface area contributed by atoms with E-state index >= 15 is 0 Å². The first-order valence-corrected chi connectivity index (χ1v) is 12.3. The maximum absolute atomic E-state index is 12.7. The summed E-state index contributed by atoms with van der Waals surface area (Å²) in [7, 11) is 0. The lowest BCUT2D eigenvalue weighted by atomic mass is 9.92. The molecule has 4 rings (SSSR count). The van der Waals surface area contributed by atoms with Crippen LogP contribution in [0.4, 0.5) is 21.0 Å². The van der Waals surface area contributed by atoms with Gasteiger partial charge in [-0.3, -0.25) is 14.6 Å². The molecule has 0 aliphatic carbocycles. The molecule has 0 radical (unpaired) electrons. The number of benzene rings is 2. The van der Waals surface area contributed by atoms with Gasteiger partial charge in [0.2, 0.25) is 0 Å². The Kier molecular flexibility index (Phi) is 7.49. The summed E-state index contributed by atoms with van der Waals surface area (Å²) in [6, 6.07) is 14.7. The van der Waals surface area contributed by atoms with Crippen molar-refractivity contribution in [3.8, 4) is 0 Å². The Labute approximate surface area is 211 Å². The van der Waals surface area contributed by atoms with Crippen LogP contribution in [-0.4, -0.2) is 65.3 Å². The van der Waals surface area contributed by atoms with Crippen LogP contribution in [0.3, 0.4) is 0 Å². The Balaban J connectivity index is 1.33. The molecule has 3 amide bonds. The molecular formula is C27H34N4O5. The molecule has 2 aliphatic heterocycles. The minimum absolute atomic E-state index is 0.260. The normalized spacial score (nSPS) is 19.1. The van der Waals surface area contributed by atoms with Crippen LogP contribution in [0.5, 0.6) is 0 Å². The van der Waals surface area contributed by atoms with Crippen molar-refractivity contribution in [2.24, 2.45) is 5.92 Å². The number of likely N-dealkylation sites (tertiary alicyclic amines) is 1. The van der Waals surface area contributed by atoms with Crippen LogP contribution in [0.15, 0.2) is 48.5 Å². The van der Waals surface area contributed by atoms with Gasteiger partial charge in [0.05, 0.1) is 18.0 Å². The number of para-hydroxylation sites is 1. The largest absolute Gasteiger partial charge is 0.481 e. The van der Waals surface area contributed by atoms with Gasteiger partial charge in [0.1, 0.15) is 6.10 Å². The summed E-state index contributed by atoms with van der Waals surface area (Å²) in [5.41, 5.74) is 2.69. The zero-order chi connectivity index (χ0) is 25.9. The highest BCUT2D eigenvalue weighted by molar-refractivity contribution is 6.00. The second-order valence-corrected chi connectivity index (χ2v) is 10.1. The molecule has 0 bridgehead atoms. The number of aryl methyl sites for hydroxylation is 1. The Bertz CT molecular complexity index is 1110. The fraction of sp³-hybridized carbons (Fsp3) is 0.444. The van der Waals surface area contributed by atoms with Crippen molar-refractivity contribution in [2.45, 2.75) is 45.3 Å².